The van der Waals surface area contributed by atoms with Gasteiger partial charge in [0, 0.05) is 0 Å². The lowest BCUT2D eigenvalue weighted by Gasteiger charge is -2.61. The quantitative estimate of drug-likeness (QED) is 0.508. The van der Waals surface area contributed by atoms with Crippen LogP contribution < -0.4 is 0 Å². The van der Waals surface area contributed by atoms with Gasteiger partial charge in [0.15, 0.2) is 0 Å². The predicted octanol–water partition coefficient (Wildman–Crippen LogP) is 7.08. The topological polar surface area (TPSA) is 0 Å². The first-order valence-corrected chi connectivity index (χ1v) is 11.6. The Labute approximate surface area is 150 Å². The molecule has 136 valence electrons. The van der Waals surface area contributed by atoms with Crippen LogP contribution in [0.2, 0.25) is 0 Å². The summed E-state index contributed by atoms with van der Waals surface area (Å²) in [6, 6.07) is 0. The van der Waals surface area contributed by atoms with E-state index in [1.54, 1.807) is 51.4 Å². The van der Waals surface area contributed by atoms with Crippen LogP contribution in [-0.2, 0) is 0 Å². The first kappa shape index (κ1) is 16.2. The van der Waals surface area contributed by atoms with Gasteiger partial charge in [0.05, 0.1) is 0 Å². The molecule has 1 spiro atoms. The fourth-order valence-corrected chi connectivity index (χ4v) is 9.51. The number of hydrogen-bond donors (Lipinski definition) is 0. The smallest absolute Gasteiger partial charge is 0.0232 e. The summed E-state index contributed by atoms with van der Waals surface area (Å²) in [5.74, 6) is 7.74. The summed E-state index contributed by atoms with van der Waals surface area (Å²) in [6.07, 6.45) is 18.8. The van der Waals surface area contributed by atoms with Crippen LogP contribution in [0.3, 0.4) is 0 Å². The van der Waals surface area contributed by atoms with Crippen molar-refractivity contribution in [2.45, 2.75) is 97.8 Å². The standard InChI is InChI=1S/C24H40/c1-4-16-14-21-19-10-9-17-8-6-7-12-23(17,3)20(19)11-13-24(21)15-22(24)18(16)5-2/h16-22H,4-15H2,1-3H3/t16?,17?,18-,19?,20?,21?,22+,23-,24+/m0/s1. The molecule has 5 aliphatic rings. The first-order chi connectivity index (χ1) is 11.6. The Kier molecular flexibility index (Phi) is 3.71. The summed E-state index contributed by atoms with van der Waals surface area (Å²) in [4.78, 5) is 0. The molecule has 5 aliphatic carbocycles. The molecule has 5 fully saturated rings. The second-order valence-corrected chi connectivity index (χ2v) is 11.0. The van der Waals surface area contributed by atoms with Crippen molar-refractivity contribution in [3.05, 3.63) is 0 Å². The van der Waals surface area contributed by atoms with Crippen LogP contribution in [0, 0.1) is 52.3 Å². The third kappa shape index (κ3) is 1.98. The van der Waals surface area contributed by atoms with E-state index >= 15 is 0 Å². The zero-order valence-electron chi connectivity index (χ0n) is 16.5. The minimum atomic E-state index is 0.733. The van der Waals surface area contributed by atoms with Crippen LogP contribution in [0.25, 0.3) is 0 Å². The summed E-state index contributed by atoms with van der Waals surface area (Å²) in [5.41, 5.74) is 1.59. The highest BCUT2D eigenvalue weighted by molar-refractivity contribution is 5.18. The largest absolute Gasteiger partial charge is 0.0651 e. The Morgan fingerprint density at radius 1 is 0.833 bits per heavy atom. The maximum Gasteiger partial charge on any atom is -0.0232 e. The molecule has 9 atom stereocenters. The van der Waals surface area contributed by atoms with Crippen LogP contribution >= 0.6 is 0 Å². The van der Waals surface area contributed by atoms with E-state index in [1.807, 2.05) is 0 Å². The van der Waals surface area contributed by atoms with Crippen molar-refractivity contribution in [1.29, 1.82) is 0 Å². The Hall–Kier alpha value is 0. The monoisotopic (exact) mass is 328 g/mol. The van der Waals surface area contributed by atoms with Gasteiger partial charge in [-0.25, -0.2) is 0 Å². The molecule has 5 saturated carbocycles. The highest BCUT2D eigenvalue weighted by Gasteiger charge is 2.69. The fraction of sp³-hybridized carbons (Fsp3) is 1.00. The summed E-state index contributed by atoms with van der Waals surface area (Å²) >= 11 is 0. The van der Waals surface area contributed by atoms with E-state index < -0.39 is 0 Å². The maximum absolute atomic E-state index is 2.74. The fourth-order valence-electron chi connectivity index (χ4n) is 9.51. The van der Waals surface area contributed by atoms with Crippen molar-refractivity contribution in [3.8, 4) is 0 Å². The van der Waals surface area contributed by atoms with Gasteiger partial charge in [-0.2, -0.15) is 0 Å². The van der Waals surface area contributed by atoms with Crippen molar-refractivity contribution in [2.24, 2.45) is 52.3 Å². The van der Waals surface area contributed by atoms with E-state index in [0.29, 0.717) is 0 Å². The SMILES string of the molecule is CCC1CC2C3CCC4CCCC[C@]4(C)C3CC[C@@]23C[C@@H]3[C@H]1CC. The van der Waals surface area contributed by atoms with Crippen LogP contribution in [0.4, 0.5) is 0 Å². The van der Waals surface area contributed by atoms with E-state index in [-0.39, 0.29) is 0 Å². The van der Waals surface area contributed by atoms with E-state index in [1.165, 1.54) is 25.7 Å². The Morgan fingerprint density at radius 3 is 2.50 bits per heavy atom. The molecule has 0 heteroatoms. The van der Waals surface area contributed by atoms with E-state index in [0.717, 1.165) is 52.3 Å². The molecule has 0 bridgehead atoms. The molecular formula is C24H40. The first-order valence-electron chi connectivity index (χ1n) is 11.6. The van der Waals surface area contributed by atoms with Gasteiger partial charge in [-0.15, -0.1) is 0 Å². The van der Waals surface area contributed by atoms with E-state index in [2.05, 4.69) is 20.8 Å². The number of fused-ring (bicyclic) bond motifs is 4. The van der Waals surface area contributed by atoms with Gasteiger partial charge in [0.1, 0.15) is 0 Å². The minimum Gasteiger partial charge on any atom is -0.0651 e. The molecule has 0 saturated heterocycles. The van der Waals surface area contributed by atoms with E-state index in [4.69, 9.17) is 0 Å². The third-order valence-electron chi connectivity index (χ3n) is 10.7. The number of hydrogen-bond acceptors (Lipinski definition) is 0. The van der Waals surface area contributed by atoms with Crippen LogP contribution in [0.1, 0.15) is 97.8 Å². The third-order valence-corrected chi connectivity index (χ3v) is 10.7. The molecular weight excluding hydrogens is 288 g/mol. The highest BCUT2D eigenvalue weighted by Crippen LogP contribution is 2.77. The Bertz CT molecular complexity index is 494. The second-order valence-electron chi connectivity index (χ2n) is 11.0. The zero-order valence-corrected chi connectivity index (χ0v) is 16.5. The van der Waals surface area contributed by atoms with Gasteiger partial charge < -0.3 is 0 Å². The highest BCUT2D eigenvalue weighted by atomic mass is 14.7. The van der Waals surface area contributed by atoms with Gasteiger partial charge in [-0.1, -0.05) is 46.5 Å². The summed E-state index contributed by atoms with van der Waals surface area (Å²) in [6.45, 7) is 7.72. The summed E-state index contributed by atoms with van der Waals surface area (Å²) < 4.78 is 0. The molecule has 0 N–H and O–H groups in total. The Balaban J connectivity index is 1.44. The lowest BCUT2D eigenvalue weighted by Crippen LogP contribution is -2.53. The van der Waals surface area contributed by atoms with Crippen molar-refractivity contribution >= 4 is 0 Å². The lowest BCUT2D eigenvalue weighted by atomic mass is 9.44. The molecule has 0 nitrogen and oxygen atoms in total. The summed E-state index contributed by atoms with van der Waals surface area (Å²) in [5, 5.41) is 0. The molecule has 0 heterocycles. The van der Waals surface area contributed by atoms with Crippen molar-refractivity contribution in [1.82, 2.24) is 0 Å². The summed E-state index contributed by atoms with van der Waals surface area (Å²) in [7, 11) is 0. The average molecular weight is 329 g/mol. The van der Waals surface area contributed by atoms with Gasteiger partial charge in [-0.3, -0.25) is 0 Å². The van der Waals surface area contributed by atoms with Crippen molar-refractivity contribution in [3.63, 3.8) is 0 Å². The number of rotatable bonds is 2. The molecule has 0 aromatic rings. The predicted molar refractivity (Wildman–Crippen MR) is 102 cm³/mol. The average Bonchev–Trinajstić information content (AvgIpc) is 3.32. The van der Waals surface area contributed by atoms with Crippen molar-refractivity contribution < 1.29 is 0 Å². The molecule has 0 aromatic heterocycles. The molecule has 0 aromatic carbocycles. The van der Waals surface area contributed by atoms with Gasteiger partial charge in [0.2, 0.25) is 0 Å². The van der Waals surface area contributed by atoms with Crippen LogP contribution in [0.5, 0.6) is 0 Å². The normalized spacial score (nSPS) is 58.9. The van der Waals surface area contributed by atoms with Crippen LogP contribution in [0.15, 0.2) is 0 Å². The molecule has 5 rings (SSSR count). The molecule has 24 heavy (non-hydrogen) atoms. The van der Waals surface area contributed by atoms with Gasteiger partial charge in [-0.05, 0) is 104 Å². The second kappa shape index (κ2) is 5.50. The minimum absolute atomic E-state index is 0.733. The molecule has 0 amide bonds. The molecule has 5 unspecified atom stereocenters. The van der Waals surface area contributed by atoms with Gasteiger partial charge >= 0.3 is 0 Å². The lowest BCUT2D eigenvalue weighted by molar-refractivity contribution is -0.115. The molecule has 0 radical (unpaired) electrons. The zero-order chi connectivity index (χ0) is 16.5. The Morgan fingerprint density at radius 2 is 1.71 bits per heavy atom. The maximum atomic E-state index is 2.74. The van der Waals surface area contributed by atoms with Gasteiger partial charge in [0.25, 0.3) is 0 Å². The van der Waals surface area contributed by atoms with Crippen molar-refractivity contribution in [2.75, 3.05) is 0 Å². The van der Waals surface area contributed by atoms with Crippen LogP contribution in [-0.4, -0.2) is 0 Å². The van der Waals surface area contributed by atoms with E-state index in [9.17, 15) is 0 Å². The molecule has 0 aliphatic heterocycles.